The van der Waals surface area contributed by atoms with Crippen LogP contribution in [0.1, 0.15) is 27.8 Å². The van der Waals surface area contributed by atoms with E-state index in [9.17, 15) is 35.5 Å². The van der Waals surface area contributed by atoms with Gasteiger partial charge in [0.2, 0.25) is 0 Å². The van der Waals surface area contributed by atoms with Crippen LogP contribution in [-0.2, 0) is 22.7 Å². The van der Waals surface area contributed by atoms with Gasteiger partial charge in [-0.2, -0.15) is 26.3 Å². The first-order chi connectivity index (χ1) is 19.6. The summed E-state index contributed by atoms with van der Waals surface area (Å²) in [6, 6.07) is 16.6. The highest BCUT2D eigenvalue weighted by Crippen LogP contribution is 2.35. The van der Waals surface area contributed by atoms with Crippen LogP contribution < -0.4 is 0 Å². The number of aromatic nitrogens is 2. The van der Waals surface area contributed by atoms with Crippen LogP contribution in [0.4, 0.5) is 30.7 Å². The van der Waals surface area contributed by atoms with E-state index in [1.165, 1.54) is 6.07 Å². The Bertz CT molecular complexity index is 1370. The largest absolute Gasteiger partial charge is 0.490 e. The predicted octanol–water partition coefficient (Wildman–Crippen LogP) is 4.37. The van der Waals surface area contributed by atoms with Gasteiger partial charge in [0.15, 0.2) is 0 Å². The molecule has 4 heterocycles. The van der Waals surface area contributed by atoms with Crippen LogP contribution in [0.25, 0.3) is 0 Å². The molecule has 1 aromatic carbocycles. The second-order valence-corrected chi connectivity index (χ2v) is 9.12. The molecular weight excluding hydrogens is 581 g/mol. The number of benzene rings is 1. The number of rotatable bonds is 4. The number of alkyl halides is 6. The van der Waals surface area contributed by atoms with Crippen LogP contribution in [0.2, 0.25) is 0 Å². The number of fused-ring (bicyclic) bond motifs is 3. The van der Waals surface area contributed by atoms with Gasteiger partial charge < -0.3 is 19.7 Å². The number of likely N-dealkylation sites (tertiary alicyclic amines) is 1. The highest BCUT2D eigenvalue weighted by molar-refractivity contribution is 5.94. The topological polar surface area (TPSA) is 116 Å². The molecule has 2 aliphatic heterocycles. The number of aliphatic carboxylic acids is 2. The molecule has 2 atom stereocenters. The summed E-state index contributed by atoms with van der Waals surface area (Å²) in [6.07, 6.45) is -6.41. The summed E-state index contributed by atoms with van der Waals surface area (Å²) in [5.41, 5.74) is 2.57. The number of nitrogens with zero attached hydrogens (tertiary/aromatic N) is 4. The van der Waals surface area contributed by atoms with Gasteiger partial charge in [0.25, 0.3) is 5.91 Å². The lowest BCUT2D eigenvalue weighted by Gasteiger charge is -2.38. The first kappa shape index (κ1) is 32.0. The van der Waals surface area contributed by atoms with Crippen LogP contribution in [0, 0.1) is 5.82 Å². The zero-order valence-corrected chi connectivity index (χ0v) is 21.4. The van der Waals surface area contributed by atoms with Crippen molar-refractivity contribution >= 4 is 17.8 Å². The molecule has 16 heteroatoms. The van der Waals surface area contributed by atoms with E-state index in [1.807, 2.05) is 47.5 Å². The summed E-state index contributed by atoms with van der Waals surface area (Å²) in [5, 5.41) is 14.2. The molecule has 0 radical (unpaired) electrons. The molecule has 0 saturated carbocycles. The van der Waals surface area contributed by atoms with Crippen molar-refractivity contribution in [1.29, 1.82) is 0 Å². The van der Waals surface area contributed by atoms with Gasteiger partial charge in [-0.3, -0.25) is 14.7 Å². The molecule has 3 aromatic rings. The van der Waals surface area contributed by atoms with Crippen molar-refractivity contribution < 1.29 is 55.3 Å². The lowest BCUT2D eigenvalue weighted by molar-refractivity contribution is -0.193. The molecular formula is C26H23F7N4O5. The molecule has 2 N–H and O–H groups in total. The molecule has 2 aliphatic rings. The van der Waals surface area contributed by atoms with Crippen molar-refractivity contribution in [2.45, 2.75) is 37.5 Å². The number of hydrogen-bond donors (Lipinski definition) is 2. The Balaban J connectivity index is 0.000000289. The average molecular weight is 604 g/mol. The first-order valence-electron chi connectivity index (χ1n) is 12.0. The van der Waals surface area contributed by atoms with E-state index in [-0.39, 0.29) is 23.8 Å². The van der Waals surface area contributed by atoms with Crippen LogP contribution >= 0.6 is 0 Å². The monoisotopic (exact) mass is 604 g/mol. The van der Waals surface area contributed by atoms with E-state index in [1.54, 1.807) is 18.3 Å². The van der Waals surface area contributed by atoms with Gasteiger partial charge in [0.05, 0.1) is 24.3 Å². The van der Waals surface area contributed by atoms with Crippen LogP contribution in [0.3, 0.4) is 0 Å². The van der Waals surface area contributed by atoms with Crippen molar-refractivity contribution in [3.05, 3.63) is 89.8 Å². The van der Waals surface area contributed by atoms with Crippen LogP contribution in [0.15, 0.2) is 67.0 Å². The molecule has 0 spiro atoms. The number of carboxylic acids is 2. The van der Waals surface area contributed by atoms with Gasteiger partial charge in [0, 0.05) is 32.0 Å². The third kappa shape index (κ3) is 8.28. The van der Waals surface area contributed by atoms with Crippen LogP contribution in [0.5, 0.6) is 0 Å². The van der Waals surface area contributed by atoms with Crippen molar-refractivity contribution in [3.8, 4) is 0 Å². The minimum absolute atomic E-state index is 0.0458. The Kier molecular flexibility index (Phi) is 9.93. The van der Waals surface area contributed by atoms with E-state index in [2.05, 4.69) is 14.5 Å². The number of carboxylic acid groups (broad SMARTS) is 2. The maximum absolute atomic E-state index is 13.6. The normalized spacial score (nSPS) is 18.2. The van der Waals surface area contributed by atoms with Gasteiger partial charge in [-0.25, -0.2) is 14.0 Å². The van der Waals surface area contributed by atoms with Gasteiger partial charge in [0.1, 0.15) is 11.5 Å². The second kappa shape index (κ2) is 13.0. The van der Waals surface area contributed by atoms with E-state index < -0.39 is 24.3 Å². The molecule has 1 amide bonds. The highest BCUT2D eigenvalue weighted by atomic mass is 19.4. The lowest BCUT2D eigenvalue weighted by atomic mass is 10.1. The first-order valence-corrected chi connectivity index (χ1v) is 12.0. The summed E-state index contributed by atoms with van der Waals surface area (Å²) < 4.78 is 79.1. The summed E-state index contributed by atoms with van der Waals surface area (Å²) in [4.78, 5) is 39.6. The third-order valence-corrected chi connectivity index (χ3v) is 6.19. The molecule has 9 nitrogen and oxygen atoms in total. The standard InChI is InChI=1S/C22H21FN4O.2C2HF3O2/c23-17-6-3-5-16(11-17)12-25-14-20-21(15-25)27(13-18-7-1-2-9-24-18)22(28)19-8-4-10-26(19)20;2*3-2(4,5)1(6)7/h1-11,20-21H,12-15H2;2*(H,6,7). The average Bonchev–Trinajstić information content (AvgIpc) is 3.54. The van der Waals surface area contributed by atoms with Crippen molar-refractivity contribution in [3.63, 3.8) is 0 Å². The molecule has 0 aliphatic carbocycles. The lowest BCUT2D eigenvalue weighted by Crippen LogP contribution is -2.49. The number of carbonyl (C=O) groups is 3. The number of pyridine rings is 1. The predicted molar refractivity (Wildman–Crippen MR) is 130 cm³/mol. The molecule has 42 heavy (non-hydrogen) atoms. The van der Waals surface area contributed by atoms with Gasteiger partial charge in [-0.1, -0.05) is 18.2 Å². The summed E-state index contributed by atoms with van der Waals surface area (Å²) in [7, 11) is 0. The van der Waals surface area contributed by atoms with Crippen LogP contribution in [-0.4, -0.2) is 78.9 Å². The minimum atomic E-state index is -5.08. The fourth-order valence-corrected chi connectivity index (χ4v) is 4.47. The number of halogens is 7. The Labute approximate surface area is 233 Å². The van der Waals surface area contributed by atoms with Gasteiger partial charge >= 0.3 is 24.3 Å². The molecule has 5 rings (SSSR count). The second-order valence-electron chi connectivity index (χ2n) is 9.12. The quantitative estimate of drug-likeness (QED) is 0.425. The zero-order chi connectivity index (χ0) is 31.2. The van der Waals surface area contributed by atoms with E-state index in [0.29, 0.717) is 13.1 Å². The molecule has 2 unspecified atom stereocenters. The van der Waals surface area contributed by atoms with E-state index in [4.69, 9.17) is 19.8 Å². The van der Waals surface area contributed by atoms with Gasteiger partial charge in [-0.15, -0.1) is 0 Å². The fraction of sp³-hybridized carbons (Fsp3) is 0.308. The molecule has 1 fully saturated rings. The fourth-order valence-electron chi connectivity index (χ4n) is 4.47. The third-order valence-electron chi connectivity index (χ3n) is 6.19. The van der Waals surface area contributed by atoms with Crippen molar-refractivity contribution in [2.75, 3.05) is 13.1 Å². The van der Waals surface area contributed by atoms with Crippen molar-refractivity contribution in [2.24, 2.45) is 0 Å². The maximum Gasteiger partial charge on any atom is 0.490 e. The minimum Gasteiger partial charge on any atom is -0.475 e. The Morgan fingerprint density at radius 1 is 0.857 bits per heavy atom. The smallest absolute Gasteiger partial charge is 0.475 e. The molecule has 226 valence electrons. The van der Waals surface area contributed by atoms with E-state index in [0.717, 1.165) is 30.0 Å². The maximum atomic E-state index is 13.6. The number of hydrogen-bond acceptors (Lipinski definition) is 5. The van der Waals surface area contributed by atoms with Crippen molar-refractivity contribution in [1.82, 2.24) is 19.4 Å². The molecule has 2 aromatic heterocycles. The Morgan fingerprint density at radius 3 is 2.02 bits per heavy atom. The molecule has 0 bridgehead atoms. The zero-order valence-electron chi connectivity index (χ0n) is 21.4. The Morgan fingerprint density at radius 2 is 1.48 bits per heavy atom. The SMILES string of the molecule is O=C(O)C(F)(F)F.O=C(O)C(F)(F)F.O=C1c2cccn2C2CN(Cc3cccc(F)c3)CC2N1Cc1ccccn1. The van der Waals surface area contributed by atoms with E-state index >= 15 is 0 Å². The Hall–Kier alpha value is -4.47. The molecule has 1 saturated heterocycles. The summed E-state index contributed by atoms with van der Waals surface area (Å²) in [6.45, 7) is 2.76. The number of carbonyl (C=O) groups excluding carboxylic acids is 1. The summed E-state index contributed by atoms with van der Waals surface area (Å²) >= 11 is 0. The summed E-state index contributed by atoms with van der Waals surface area (Å²) in [5.74, 6) is -5.68. The van der Waals surface area contributed by atoms with Gasteiger partial charge in [-0.05, 0) is 42.0 Å². The highest BCUT2D eigenvalue weighted by Gasteiger charge is 2.45. The number of amides is 1.